The predicted octanol–water partition coefficient (Wildman–Crippen LogP) is 2.35. The average molecular weight is 190 g/mol. The van der Waals surface area contributed by atoms with Crippen molar-refractivity contribution in [2.75, 3.05) is 6.61 Å². The van der Waals surface area contributed by atoms with Gasteiger partial charge >= 0.3 is 0 Å². The van der Waals surface area contributed by atoms with E-state index in [0.717, 1.165) is 19.1 Å². The van der Waals surface area contributed by atoms with Gasteiger partial charge in [0.05, 0.1) is 6.10 Å². The van der Waals surface area contributed by atoms with E-state index in [1.807, 2.05) is 18.2 Å². The van der Waals surface area contributed by atoms with Crippen LogP contribution in [0.4, 0.5) is 0 Å². The van der Waals surface area contributed by atoms with Crippen molar-refractivity contribution in [1.82, 2.24) is 0 Å². The second-order valence-electron chi connectivity index (χ2n) is 3.69. The lowest BCUT2D eigenvalue weighted by Gasteiger charge is -2.26. The number of rotatable bonds is 2. The van der Waals surface area contributed by atoms with Crippen molar-refractivity contribution < 1.29 is 9.53 Å². The number of carbonyl (C=O) groups is 1. The van der Waals surface area contributed by atoms with E-state index < -0.39 is 0 Å². The quantitative estimate of drug-likeness (QED) is 0.669. The Balaban J connectivity index is 2.08. The standard InChI is InChI=1S/C12H14O2/c13-9-10-6-7-14-12(8-10)11-4-2-1-3-5-11/h1-5,9-10,12H,6-8H2/t10-,12+/m1/s1. The summed E-state index contributed by atoms with van der Waals surface area (Å²) in [6, 6.07) is 10.1. The molecule has 0 radical (unpaired) electrons. The van der Waals surface area contributed by atoms with Crippen LogP contribution < -0.4 is 0 Å². The lowest BCUT2D eigenvalue weighted by molar-refractivity contribution is -0.115. The molecular weight excluding hydrogens is 176 g/mol. The van der Waals surface area contributed by atoms with Gasteiger partial charge in [0.2, 0.25) is 0 Å². The van der Waals surface area contributed by atoms with E-state index in [1.165, 1.54) is 5.56 Å². The molecule has 1 saturated heterocycles. The largest absolute Gasteiger partial charge is 0.373 e. The molecule has 74 valence electrons. The highest BCUT2D eigenvalue weighted by Crippen LogP contribution is 2.30. The molecule has 2 heteroatoms. The van der Waals surface area contributed by atoms with Crippen molar-refractivity contribution in [1.29, 1.82) is 0 Å². The average Bonchev–Trinajstić information content (AvgIpc) is 2.30. The molecule has 1 aliphatic heterocycles. The third-order valence-corrected chi connectivity index (χ3v) is 2.69. The van der Waals surface area contributed by atoms with Crippen LogP contribution in [-0.4, -0.2) is 12.9 Å². The minimum atomic E-state index is 0.111. The van der Waals surface area contributed by atoms with E-state index in [2.05, 4.69) is 12.1 Å². The topological polar surface area (TPSA) is 26.3 Å². The first-order chi connectivity index (χ1) is 6.90. The zero-order valence-electron chi connectivity index (χ0n) is 8.06. The summed E-state index contributed by atoms with van der Waals surface area (Å²) in [7, 11) is 0. The molecular formula is C12H14O2. The Morgan fingerprint density at radius 2 is 2.07 bits per heavy atom. The fourth-order valence-corrected chi connectivity index (χ4v) is 1.85. The molecule has 0 bridgehead atoms. The fraction of sp³-hybridized carbons (Fsp3) is 0.417. The van der Waals surface area contributed by atoms with E-state index in [-0.39, 0.29) is 12.0 Å². The molecule has 2 nitrogen and oxygen atoms in total. The summed E-state index contributed by atoms with van der Waals surface area (Å²) in [4.78, 5) is 10.7. The maximum atomic E-state index is 10.7. The highest BCUT2D eigenvalue weighted by molar-refractivity contribution is 5.53. The predicted molar refractivity (Wildman–Crippen MR) is 53.9 cm³/mol. The number of benzene rings is 1. The van der Waals surface area contributed by atoms with E-state index in [4.69, 9.17) is 4.74 Å². The van der Waals surface area contributed by atoms with Crippen LogP contribution in [0.15, 0.2) is 30.3 Å². The summed E-state index contributed by atoms with van der Waals surface area (Å²) >= 11 is 0. The molecule has 1 fully saturated rings. The van der Waals surface area contributed by atoms with Crippen LogP contribution in [0.5, 0.6) is 0 Å². The van der Waals surface area contributed by atoms with Crippen LogP contribution in [0.25, 0.3) is 0 Å². The molecule has 1 aromatic carbocycles. The van der Waals surface area contributed by atoms with Crippen LogP contribution >= 0.6 is 0 Å². The first-order valence-corrected chi connectivity index (χ1v) is 5.02. The third kappa shape index (κ3) is 2.02. The zero-order valence-corrected chi connectivity index (χ0v) is 8.06. The minimum absolute atomic E-state index is 0.111. The van der Waals surface area contributed by atoms with Gasteiger partial charge in [0, 0.05) is 12.5 Å². The first kappa shape index (κ1) is 9.41. The van der Waals surface area contributed by atoms with Crippen LogP contribution in [-0.2, 0) is 9.53 Å². The number of hydrogen-bond acceptors (Lipinski definition) is 2. The molecule has 2 atom stereocenters. The van der Waals surface area contributed by atoms with Gasteiger partial charge in [0.1, 0.15) is 6.29 Å². The molecule has 0 saturated carbocycles. The third-order valence-electron chi connectivity index (χ3n) is 2.69. The first-order valence-electron chi connectivity index (χ1n) is 5.02. The number of ether oxygens (including phenoxy) is 1. The Kier molecular flexibility index (Phi) is 2.94. The van der Waals surface area contributed by atoms with Gasteiger partial charge in [-0.3, -0.25) is 0 Å². The van der Waals surface area contributed by atoms with Crippen LogP contribution in [0.2, 0.25) is 0 Å². The summed E-state index contributed by atoms with van der Waals surface area (Å²) in [5.41, 5.74) is 1.18. The Hall–Kier alpha value is -1.15. The smallest absolute Gasteiger partial charge is 0.123 e. The Labute approximate surface area is 83.9 Å². The van der Waals surface area contributed by atoms with Crippen molar-refractivity contribution in [3.63, 3.8) is 0 Å². The van der Waals surface area contributed by atoms with Crippen molar-refractivity contribution in [2.45, 2.75) is 18.9 Å². The van der Waals surface area contributed by atoms with E-state index >= 15 is 0 Å². The molecule has 0 amide bonds. The SMILES string of the molecule is O=C[C@@H]1CCO[C@H](c2ccccc2)C1. The normalized spacial score (nSPS) is 27.1. The lowest BCUT2D eigenvalue weighted by atomic mass is 9.93. The number of aldehydes is 1. The van der Waals surface area contributed by atoms with Crippen LogP contribution in [0.1, 0.15) is 24.5 Å². The molecule has 1 aromatic rings. The second-order valence-corrected chi connectivity index (χ2v) is 3.69. The highest BCUT2D eigenvalue weighted by Gasteiger charge is 2.22. The van der Waals surface area contributed by atoms with Crippen LogP contribution in [0, 0.1) is 5.92 Å². The number of carbonyl (C=O) groups excluding carboxylic acids is 1. The second kappa shape index (κ2) is 4.38. The molecule has 2 rings (SSSR count). The van der Waals surface area contributed by atoms with E-state index in [1.54, 1.807) is 0 Å². The van der Waals surface area contributed by atoms with Crippen LogP contribution in [0.3, 0.4) is 0 Å². The lowest BCUT2D eigenvalue weighted by Crippen LogP contribution is -2.20. The van der Waals surface area contributed by atoms with Gasteiger partial charge in [-0.25, -0.2) is 0 Å². The molecule has 1 heterocycles. The Morgan fingerprint density at radius 3 is 2.79 bits per heavy atom. The summed E-state index contributed by atoms with van der Waals surface area (Å²) in [6.07, 6.45) is 2.86. The van der Waals surface area contributed by atoms with Crippen molar-refractivity contribution in [2.24, 2.45) is 5.92 Å². The van der Waals surface area contributed by atoms with E-state index in [0.29, 0.717) is 6.61 Å². The molecule has 0 unspecified atom stereocenters. The Bertz CT molecular complexity index is 294. The maximum Gasteiger partial charge on any atom is 0.123 e. The molecule has 0 aromatic heterocycles. The summed E-state index contributed by atoms with van der Waals surface area (Å²) < 4.78 is 5.64. The molecule has 1 aliphatic rings. The monoisotopic (exact) mass is 190 g/mol. The highest BCUT2D eigenvalue weighted by atomic mass is 16.5. The Morgan fingerprint density at radius 1 is 1.29 bits per heavy atom. The zero-order chi connectivity index (χ0) is 9.80. The van der Waals surface area contributed by atoms with Gasteiger partial charge in [-0.15, -0.1) is 0 Å². The molecule has 0 N–H and O–H groups in total. The minimum Gasteiger partial charge on any atom is -0.373 e. The van der Waals surface area contributed by atoms with Crippen molar-refractivity contribution in [3.05, 3.63) is 35.9 Å². The van der Waals surface area contributed by atoms with Gasteiger partial charge in [-0.1, -0.05) is 30.3 Å². The summed E-state index contributed by atoms with van der Waals surface area (Å²) in [5.74, 6) is 0.175. The van der Waals surface area contributed by atoms with Gasteiger partial charge in [0.15, 0.2) is 0 Å². The molecule has 0 aliphatic carbocycles. The van der Waals surface area contributed by atoms with Gasteiger partial charge < -0.3 is 9.53 Å². The molecule has 14 heavy (non-hydrogen) atoms. The fourth-order valence-electron chi connectivity index (χ4n) is 1.85. The van der Waals surface area contributed by atoms with Gasteiger partial charge in [-0.05, 0) is 18.4 Å². The summed E-state index contributed by atoms with van der Waals surface area (Å²) in [6.45, 7) is 0.697. The summed E-state index contributed by atoms with van der Waals surface area (Å²) in [5, 5.41) is 0. The van der Waals surface area contributed by atoms with Crippen molar-refractivity contribution >= 4 is 6.29 Å². The number of hydrogen-bond donors (Lipinski definition) is 0. The van der Waals surface area contributed by atoms with E-state index in [9.17, 15) is 4.79 Å². The van der Waals surface area contributed by atoms with Crippen molar-refractivity contribution in [3.8, 4) is 0 Å². The van der Waals surface area contributed by atoms with Gasteiger partial charge in [-0.2, -0.15) is 0 Å². The van der Waals surface area contributed by atoms with Gasteiger partial charge in [0.25, 0.3) is 0 Å². The molecule has 0 spiro atoms. The maximum absolute atomic E-state index is 10.7.